The molecule has 0 bridgehead atoms. The number of aliphatic imine (C=N–C) groups is 1. The minimum atomic E-state index is -1.05. The summed E-state index contributed by atoms with van der Waals surface area (Å²) in [5.41, 5.74) is 4.59. The Kier molecular flexibility index (Phi) is 7.71. The second kappa shape index (κ2) is 11.3. The summed E-state index contributed by atoms with van der Waals surface area (Å²) in [5, 5.41) is 2.69. The highest BCUT2D eigenvalue weighted by Gasteiger charge is 2.32. The van der Waals surface area contributed by atoms with E-state index < -0.39 is 12.3 Å². The standard InChI is InChI=1S/C28H29N3O3/c1-2-19-31-25-16-10-9-15-23(25)24(18-17-21-11-5-3-6-12-21)29-26(27(31)32)30-28(33)34-20-22-13-7-4-8-14-22/h3-16,26H,2,17-20H2,1H3,(H,30,33). The number of nitrogens with one attached hydrogen (secondary N) is 1. The van der Waals surface area contributed by atoms with Crippen molar-refractivity contribution >= 4 is 23.4 Å². The van der Waals surface area contributed by atoms with Crippen LogP contribution in [-0.2, 0) is 22.6 Å². The van der Waals surface area contributed by atoms with Crippen molar-refractivity contribution in [2.75, 3.05) is 11.4 Å². The minimum absolute atomic E-state index is 0.122. The van der Waals surface area contributed by atoms with Gasteiger partial charge in [0.1, 0.15) is 6.61 Å². The largest absolute Gasteiger partial charge is 0.445 e. The van der Waals surface area contributed by atoms with Crippen molar-refractivity contribution < 1.29 is 14.3 Å². The van der Waals surface area contributed by atoms with Crippen LogP contribution in [0.15, 0.2) is 89.9 Å². The van der Waals surface area contributed by atoms with Crippen LogP contribution in [0.3, 0.4) is 0 Å². The van der Waals surface area contributed by atoms with Gasteiger partial charge in [0.25, 0.3) is 5.91 Å². The summed E-state index contributed by atoms with van der Waals surface area (Å²) >= 11 is 0. The number of rotatable bonds is 8. The van der Waals surface area contributed by atoms with Crippen molar-refractivity contribution in [1.82, 2.24) is 5.32 Å². The maximum atomic E-state index is 13.5. The number of aryl methyl sites for hydroxylation is 1. The first-order valence-electron chi connectivity index (χ1n) is 11.6. The van der Waals surface area contributed by atoms with Crippen LogP contribution < -0.4 is 10.2 Å². The molecule has 1 unspecified atom stereocenters. The van der Waals surface area contributed by atoms with E-state index >= 15 is 0 Å². The molecule has 0 saturated heterocycles. The highest BCUT2D eigenvalue weighted by Crippen LogP contribution is 2.27. The van der Waals surface area contributed by atoms with E-state index in [9.17, 15) is 9.59 Å². The molecular formula is C28H29N3O3. The van der Waals surface area contributed by atoms with Gasteiger partial charge in [0, 0.05) is 17.8 Å². The van der Waals surface area contributed by atoms with Crippen LogP contribution in [0, 0.1) is 0 Å². The summed E-state index contributed by atoms with van der Waals surface area (Å²) in [4.78, 5) is 32.5. The normalized spacial score (nSPS) is 15.2. The van der Waals surface area contributed by atoms with Crippen LogP contribution in [0.2, 0.25) is 0 Å². The van der Waals surface area contributed by atoms with E-state index in [0.717, 1.165) is 35.4 Å². The average Bonchev–Trinajstić information content (AvgIpc) is 2.98. The van der Waals surface area contributed by atoms with Gasteiger partial charge in [0.05, 0.1) is 5.69 Å². The Bertz CT molecular complexity index is 1150. The van der Waals surface area contributed by atoms with Crippen molar-refractivity contribution in [2.45, 2.75) is 39.0 Å². The molecule has 3 aromatic carbocycles. The van der Waals surface area contributed by atoms with Gasteiger partial charge in [-0.1, -0.05) is 85.8 Å². The van der Waals surface area contributed by atoms with E-state index in [4.69, 9.17) is 9.73 Å². The lowest BCUT2D eigenvalue weighted by Gasteiger charge is -2.24. The molecule has 1 aliphatic rings. The second-order valence-electron chi connectivity index (χ2n) is 8.18. The molecular weight excluding hydrogens is 426 g/mol. The van der Waals surface area contributed by atoms with Gasteiger partial charge >= 0.3 is 6.09 Å². The summed E-state index contributed by atoms with van der Waals surface area (Å²) in [7, 11) is 0. The third-order valence-corrected chi connectivity index (χ3v) is 5.70. The maximum Gasteiger partial charge on any atom is 0.409 e. The predicted molar refractivity (Wildman–Crippen MR) is 134 cm³/mol. The molecule has 0 saturated carbocycles. The number of hydrogen-bond donors (Lipinski definition) is 1. The van der Waals surface area contributed by atoms with Gasteiger partial charge in [-0.3, -0.25) is 15.1 Å². The quantitative estimate of drug-likeness (QED) is 0.513. The smallest absolute Gasteiger partial charge is 0.409 e. The van der Waals surface area contributed by atoms with Gasteiger partial charge in [-0.15, -0.1) is 0 Å². The average molecular weight is 456 g/mol. The number of hydrogen-bond acceptors (Lipinski definition) is 4. The number of amides is 2. The van der Waals surface area contributed by atoms with Gasteiger partial charge < -0.3 is 9.64 Å². The molecule has 34 heavy (non-hydrogen) atoms. The third-order valence-electron chi connectivity index (χ3n) is 5.70. The number of benzene rings is 3. The topological polar surface area (TPSA) is 71.0 Å². The van der Waals surface area contributed by atoms with Crippen LogP contribution in [0.25, 0.3) is 0 Å². The summed E-state index contributed by atoms with van der Waals surface area (Å²) in [5.74, 6) is -0.263. The zero-order valence-electron chi connectivity index (χ0n) is 19.3. The van der Waals surface area contributed by atoms with Crippen molar-refractivity contribution in [3.8, 4) is 0 Å². The highest BCUT2D eigenvalue weighted by molar-refractivity contribution is 6.13. The Labute approximate surface area is 200 Å². The molecule has 0 spiro atoms. The number of carbonyl (C=O) groups is 2. The number of alkyl carbamates (subject to hydrolysis) is 1. The predicted octanol–water partition coefficient (Wildman–Crippen LogP) is 5.12. The van der Waals surface area contributed by atoms with E-state index in [1.54, 1.807) is 4.90 Å². The van der Waals surface area contributed by atoms with Crippen LogP contribution >= 0.6 is 0 Å². The van der Waals surface area contributed by atoms with Gasteiger partial charge in [0.2, 0.25) is 6.17 Å². The van der Waals surface area contributed by atoms with E-state index in [1.807, 2.05) is 79.7 Å². The lowest BCUT2D eigenvalue weighted by Crippen LogP contribution is -2.47. The molecule has 1 N–H and O–H groups in total. The highest BCUT2D eigenvalue weighted by atomic mass is 16.5. The van der Waals surface area contributed by atoms with E-state index in [-0.39, 0.29) is 12.5 Å². The van der Waals surface area contributed by atoms with Crippen LogP contribution in [0.4, 0.5) is 10.5 Å². The zero-order valence-corrected chi connectivity index (χ0v) is 19.3. The molecule has 4 rings (SSSR count). The van der Waals surface area contributed by atoms with E-state index in [2.05, 4.69) is 17.4 Å². The van der Waals surface area contributed by atoms with Crippen molar-refractivity contribution in [1.29, 1.82) is 0 Å². The second-order valence-corrected chi connectivity index (χ2v) is 8.18. The molecule has 0 aromatic heterocycles. The molecule has 174 valence electrons. The molecule has 6 nitrogen and oxygen atoms in total. The number of anilines is 1. The van der Waals surface area contributed by atoms with Crippen LogP contribution in [-0.4, -0.2) is 30.4 Å². The fraction of sp³-hybridized carbons (Fsp3) is 0.250. The fourth-order valence-electron chi connectivity index (χ4n) is 4.03. The maximum absolute atomic E-state index is 13.5. The molecule has 0 radical (unpaired) electrons. The monoisotopic (exact) mass is 455 g/mol. The van der Waals surface area contributed by atoms with Crippen LogP contribution in [0.5, 0.6) is 0 Å². The Morgan fingerprint density at radius 3 is 2.26 bits per heavy atom. The SMILES string of the molecule is CCCN1C(=O)C(NC(=O)OCc2ccccc2)N=C(CCc2ccccc2)c2ccccc21. The number of ether oxygens (including phenoxy) is 1. The molecule has 1 aliphatic heterocycles. The summed E-state index contributed by atoms with van der Waals surface area (Å²) in [6, 6.07) is 27.4. The Morgan fingerprint density at radius 2 is 1.56 bits per heavy atom. The Balaban J connectivity index is 1.58. The third kappa shape index (κ3) is 5.70. The van der Waals surface area contributed by atoms with Crippen LogP contribution in [0.1, 0.15) is 36.5 Å². The summed E-state index contributed by atoms with van der Waals surface area (Å²) < 4.78 is 5.37. The Hall–Kier alpha value is -3.93. The van der Waals surface area contributed by atoms with Crippen molar-refractivity contribution in [3.05, 3.63) is 102 Å². The first-order chi connectivity index (χ1) is 16.7. The van der Waals surface area contributed by atoms with Gasteiger partial charge in [-0.05, 0) is 36.5 Å². The molecule has 1 atom stereocenters. The molecule has 3 aromatic rings. The summed E-state index contributed by atoms with van der Waals surface area (Å²) in [6.07, 6.45) is 0.487. The van der Waals surface area contributed by atoms with Crippen molar-refractivity contribution in [2.24, 2.45) is 4.99 Å². The first kappa shape index (κ1) is 23.2. The van der Waals surface area contributed by atoms with Gasteiger partial charge in [-0.2, -0.15) is 0 Å². The number of para-hydroxylation sites is 1. The molecule has 6 heteroatoms. The lowest BCUT2D eigenvalue weighted by atomic mass is 10.00. The Morgan fingerprint density at radius 1 is 0.912 bits per heavy atom. The van der Waals surface area contributed by atoms with Crippen molar-refractivity contribution in [3.63, 3.8) is 0 Å². The number of benzodiazepines with no additional fused rings is 1. The molecule has 1 heterocycles. The van der Waals surface area contributed by atoms with E-state index in [1.165, 1.54) is 5.56 Å². The number of carbonyl (C=O) groups excluding carboxylic acids is 2. The number of fused-ring (bicyclic) bond motifs is 1. The first-order valence-corrected chi connectivity index (χ1v) is 11.6. The fourth-order valence-corrected chi connectivity index (χ4v) is 4.03. The van der Waals surface area contributed by atoms with Gasteiger partial charge in [-0.25, -0.2) is 4.79 Å². The minimum Gasteiger partial charge on any atom is -0.445 e. The number of nitrogens with zero attached hydrogens (tertiary/aromatic N) is 2. The summed E-state index contributed by atoms with van der Waals surface area (Å²) in [6.45, 7) is 2.68. The van der Waals surface area contributed by atoms with Gasteiger partial charge in [0.15, 0.2) is 0 Å². The molecule has 0 fully saturated rings. The van der Waals surface area contributed by atoms with E-state index in [0.29, 0.717) is 13.0 Å². The molecule has 2 amide bonds. The lowest BCUT2D eigenvalue weighted by molar-refractivity contribution is -0.120. The zero-order chi connectivity index (χ0) is 23.8. The molecule has 0 aliphatic carbocycles.